The van der Waals surface area contributed by atoms with Crippen molar-refractivity contribution in [2.75, 3.05) is 7.05 Å². The number of aromatic nitrogens is 4. The lowest BCUT2D eigenvalue weighted by atomic mass is 10.1. The summed E-state index contributed by atoms with van der Waals surface area (Å²) in [6, 6.07) is 2.45. The smallest absolute Gasteiger partial charge is 0.355 e. The summed E-state index contributed by atoms with van der Waals surface area (Å²) in [5, 5.41) is 13.6. The first-order valence-corrected chi connectivity index (χ1v) is 8.01. The first-order chi connectivity index (χ1) is 12.4. The molecule has 1 fully saturated rings. The first kappa shape index (κ1) is 16.6. The molecule has 136 valence electrons. The molecule has 0 spiro atoms. The van der Waals surface area contributed by atoms with Gasteiger partial charge in [0.05, 0.1) is 0 Å². The van der Waals surface area contributed by atoms with Crippen molar-refractivity contribution in [2.45, 2.75) is 25.4 Å². The Bertz CT molecular complexity index is 988. The molecule has 3 heterocycles. The van der Waals surface area contributed by atoms with Crippen LogP contribution >= 0.6 is 0 Å². The Morgan fingerprint density at radius 3 is 2.81 bits per heavy atom. The van der Waals surface area contributed by atoms with Crippen molar-refractivity contribution in [1.29, 1.82) is 0 Å². The molecule has 1 aliphatic carbocycles. The summed E-state index contributed by atoms with van der Waals surface area (Å²) >= 11 is 0. The third kappa shape index (κ3) is 2.80. The van der Waals surface area contributed by atoms with Crippen molar-refractivity contribution < 1.29 is 22.5 Å². The lowest BCUT2D eigenvalue weighted by Crippen LogP contribution is -2.17. The maximum atomic E-state index is 13.8. The minimum atomic E-state index is -4.68. The molecule has 3 aromatic rings. The van der Waals surface area contributed by atoms with E-state index < -0.39 is 17.6 Å². The fraction of sp³-hybridized carbons (Fsp3) is 0.375. The van der Waals surface area contributed by atoms with Gasteiger partial charge in [0.15, 0.2) is 17.1 Å². The van der Waals surface area contributed by atoms with Gasteiger partial charge in [0, 0.05) is 31.3 Å². The molecule has 0 atom stereocenters. The summed E-state index contributed by atoms with van der Waals surface area (Å²) in [4.78, 5) is 11.6. The summed E-state index contributed by atoms with van der Waals surface area (Å²) < 4.78 is 47.6. The van der Waals surface area contributed by atoms with Crippen molar-refractivity contribution in [1.82, 2.24) is 25.1 Å². The molecule has 0 aliphatic heterocycles. The van der Waals surface area contributed by atoms with E-state index in [1.165, 1.54) is 29.8 Å². The highest BCUT2D eigenvalue weighted by atomic mass is 19.4. The Balaban J connectivity index is 1.86. The number of carbonyl (C=O) groups excluding carboxylic acids is 1. The van der Waals surface area contributed by atoms with Crippen molar-refractivity contribution in [3.8, 4) is 11.3 Å². The van der Waals surface area contributed by atoms with Crippen LogP contribution in [0.5, 0.6) is 0 Å². The van der Waals surface area contributed by atoms with Gasteiger partial charge in [-0.2, -0.15) is 13.2 Å². The number of alkyl halides is 3. The Hall–Kier alpha value is -2.91. The number of rotatable bonds is 4. The molecule has 0 unspecified atom stereocenters. The molecule has 0 saturated heterocycles. The molecule has 1 saturated carbocycles. The van der Waals surface area contributed by atoms with Crippen LogP contribution in [0.1, 0.15) is 34.7 Å². The van der Waals surface area contributed by atoms with E-state index in [1.807, 2.05) is 0 Å². The number of nitrogens with one attached hydrogen (secondary N) is 1. The summed E-state index contributed by atoms with van der Waals surface area (Å²) in [5.74, 6) is 0.248. The second-order valence-corrected chi connectivity index (χ2v) is 6.22. The molecule has 1 aliphatic rings. The minimum Gasteiger partial charge on any atom is -0.355 e. The van der Waals surface area contributed by atoms with E-state index in [9.17, 15) is 18.0 Å². The molecule has 0 radical (unpaired) electrons. The lowest BCUT2D eigenvalue weighted by Gasteiger charge is -2.12. The van der Waals surface area contributed by atoms with Gasteiger partial charge in [0.2, 0.25) is 0 Å². The first-order valence-electron chi connectivity index (χ1n) is 8.01. The van der Waals surface area contributed by atoms with Gasteiger partial charge < -0.3 is 9.84 Å². The van der Waals surface area contributed by atoms with E-state index in [1.54, 1.807) is 0 Å². The monoisotopic (exact) mass is 365 g/mol. The Kier molecular flexibility index (Phi) is 3.70. The molecule has 0 bridgehead atoms. The van der Waals surface area contributed by atoms with Crippen LogP contribution in [0.3, 0.4) is 0 Å². The lowest BCUT2D eigenvalue weighted by molar-refractivity contribution is -0.136. The zero-order chi connectivity index (χ0) is 18.5. The molecule has 7 nitrogen and oxygen atoms in total. The van der Waals surface area contributed by atoms with Gasteiger partial charge in [0.1, 0.15) is 11.4 Å². The SMILES string of the molecule is CNC(=O)c1cc(-c2ccn3c(CC4CC4)nnc3c2C(F)(F)F)on1. The average molecular weight is 365 g/mol. The highest BCUT2D eigenvalue weighted by molar-refractivity contribution is 5.93. The van der Waals surface area contributed by atoms with E-state index in [0.29, 0.717) is 18.2 Å². The van der Waals surface area contributed by atoms with Crippen LogP contribution in [0.25, 0.3) is 17.0 Å². The fourth-order valence-corrected chi connectivity index (χ4v) is 2.85. The number of carbonyl (C=O) groups is 1. The van der Waals surface area contributed by atoms with Crippen molar-refractivity contribution in [3.63, 3.8) is 0 Å². The molecule has 10 heteroatoms. The maximum absolute atomic E-state index is 13.8. The standard InChI is InChI=1S/C16H14F3N5O2/c1-20-15(25)10-7-11(26-23-10)9-4-5-24-12(6-8-2-3-8)21-22-14(24)13(9)16(17,18)19/h4-5,7-8H,2-3,6H2,1H3,(H,20,25). The predicted molar refractivity (Wildman–Crippen MR) is 83.3 cm³/mol. The number of hydrogen-bond donors (Lipinski definition) is 1. The predicted octanol–water partition coefficient (Wildman–Crippen LogP) is 2.72. The number of pyridine rings is 1. The summed E-state index contributed by atoms with van der Waals surface area (Å²) in [6.45, 7) is 0. The van der Waals surface area contributed by atoms with Gasteiger partial charge in [-0.25, -0.2) is 0 Å². The zero-order valence-electron chi connectivity index (χ0n) is 13.7. The van der Waals surface area contributed by atoms with Gasteiger partial charge >= 0.3 is 6.18 Å². The maximum Gasteiger partial charge on any atom is 0.420 e. The van der Waals surface area contributed by atoms with Crippen LogP contribution < -0.4 is 5.32 Å². The quantitative estimate of drug-likeness (QED) is 0.768. The van der Waals surface area contributed by atoms with E-state index in [2.05, 4.69) is 20.7 Å². The Morgan fingerprint density at radius 2 is 2.15 bits per heavy atom. The van der Waals surface area contributed by atoms with Crippen molar-refractivity contribution in [3.05, 3.63) is 35.4 Å². The third-order valence-electron chi connectivity index (χ3n) is 4.34. The molecular weight excluding hydrogens is 351 g/mol. The number of nitrogens with zero attached hydrogens (tertiary/aromatic N) is 4. The van der Waals surface area contributed by atoms with E-state index in [-0.39, 0.29) is 22.7 Å². The fourth-order valence-electron chi connectivity index (χ4n) is 2.85. The van der Waals surface area contributed by atoms with Gasteiger partial charge in [-0.1, -0.05) is 5.16 Å². The van der Waals surface area contributed by atoms with Crippen LogP contribution in [0, 0.1) is 5.92 Å². The van der Waals surface area contributed by atoms with Crippen LogP contribution in [-0.2, 0) is 12.6 Å². The van der Waals surface area contributed by atoms with Crippen LogP contribution in [0.4, 0.5) is 13.2 Å². The molecule has 1 N–H and O–H groups in total. The zero-order valence-corrected chi connectivity index (χ0v) is 13.7. The summed E-state index contributed by atoms with van der Waals surface area (Å²) in [6.07, 6.45) is -0.485. The molecule has 3 aromatic heterocycles. The van der Waals surface area contributed by atoms with Crippen LogP contribution in [-0.4, -0.2) is 32.7 Å². The van der Waals surface area contributed by atoms with E-state index >= 15 is 0 Å². The topological polar surface area (TPSA) is 85.3 Å². The number of amides is 1. The normalized spacial score (nSPS) is 14.8. The largest absolute Gasteiger partial charge is 0.420 e. The molecular formula is C16H14F3N5O2. The second-order valence-electron chi connectivity index (χ2n) is 6.22. The van der Waals surface area contributed by atoms with Crippen molar-refractivity contribution >= 4 is 11.6 Å². The Labute approximate surface area is 145 Å². The van der Waals surface area contributed by atoms with E-state index in [0.717, 1.165) is 12.8 Å². The Morgan fingerprint density at radius 1 is 1.38 bits per heavy atom. The molecule has 26 heavy (non-hydrogen) atoms. The van der Waals surface area contributed by atoms with Gasteiger partial charge in [-0.15, -0.1) is 10.2 Å². The number of fused-ring (bicyclic) bond motifs is 1. The number of halogens is 3. The molecule has 1 amide bonds. The van der Waals surface area contributed by atoms with Gasteiger partial charge in [0.25, 0.3) is 5.91 Å². The van der Waals surface area contributed by atoms with Crippen LogP contribution in [0.2, 0.25) is 0 Å². The third-order valence-corrected chi connectivity index (χ3v) is 4.34. The van der Waals surface area contributed by atoms with Crippen molar-refractivity contribution in [2.24, 2.45) is 5.92 Å². The minimum absolute atomic E-state index is 0.105. The molecule has 4 rings (SSSR count). The average Bonchev–Trinajstić information content (AvgIpc) is 3.12. The highest BCUT2D eigenvalue weighted by Crippen LogP contribution is 2.40. The summed E-state index contributed by atoms with van der Waals surface area (Å²) in [7, 11) is 1.39. The second kappa shape index (κ2) is 5.82. The van der Waals surface area contributed by atoms with Gasteiger partial charge in [-0.3, -0.25) is 9.20 Å². The summed E-state index contributed by atoms with van der Waals surface area (Å²) in [5.41, 5.74) is -1.60. The highest BCUT2D eigenvalue weighted by Gasteiger charge is 2.39. The molecule has 0 aromatic carbocycles. The van der Waals surface area contributed by atoms with E-state index in [4.69, 9.17) is 4.52 Å². The number of hydrogen-bond acceptors (Lipinski definition) is 5. The van der Waals surface area contributed by atoms with Gasteiger partial charge in [-0.05, 0) is 24.8 Å². The van der Waals surface area contributed by atoms with Crippen LogP contribution in [0.15, 0.2) is 22.9 Å².